The van der Waals surface area contributed by atoms with Gasteiger partial charge in [-0.25, -0.2) is 0 Å². The molecule has 0 aliphatic carbocycles. The molecule has 0 spiro atoms. The fraction of sp³-hybridized carbons (Fsp3) is 0.286. The minimum Gasteiger partial charge on any atom is -0.365 e. The number of anilines is 1. The summed E-state index contributed by atoms with van der Waals surface area (Å²) in [5, 5.41) is 1.14. The Hall–Kier alpha value is -2.14. The van der Waals surface area contributed by atoms with Crippen LogP contribution in [0.25, 0.3) is 0 Å². The third kappa shape index (κ3) is 1.39. The molecule has 0 radical (unpaired) electrons. The first kappa shape index (κ1) is 10.8. The highest BCUT2D eigenvalue weighted by Crippen LogP contribution is 2.44. The lowest BCUT2D eigenvalue weighted by Crippen LogP contribution is -2.38. The predicted octanol–water partition coefficient (Wildman–Crippen LogP) is 0.952. The quantitative estimate of drug-likeness (QED) is 0.632. The molecule has 1 aromatic carbocycles. The molecule has 0 unspecified atom stereocenters. The van der Waals surface area contributed by atoms with Crippen molar-refractivity contribution in [1.82, 2.24) is 5.01 Å². The molecule has 96 valence electrons. The van der Waals surface area contributed by atoms with Crippen LogP contribution >= 0.6 is 0 Å². The number of hydrogen-bond donors (Lipinski definition) is 1. The molecule has 1 aromatic rings. The van der Waals surface area contributed by atoms with Crippen LogP contribution in [0.4, 0.5) is 5.69 Å². The molecule has 4 atom stereocenters. The molecular formula is C14H12N2O3. The minimum absolute atomic E-state index is 0.198. The first-order valence-corrected chi connectivity index (χ1v) is 6.29. The fourth-order valence-electron chi connectivity index (χ4n) is 3.06. The summed E-state index contributed by atoms with van der Waals surface area (Å²) in [5.41, 5.74) is 3.62. The average molecular weight is 256 g/mol. The summed E-state index contributed by atoms with van der Waals surface area (Å²) in [6.45, 7) is 0. The van der Waals surface area contributed by atoms with E-state index in [0.29, 0.717) is 0 Å². The van der Waals surface area contributed by atoms with E-state index in [0.717, 1.165) is 10.7 Å². The predicted molar refractivity (Wildman–Crippen MR) is 66.7 cm³/mol. The molecule has 5 heteroatoms. The molecule has 2 saturated heterocycles. The smallest absolute Gasteiger partial charge is 0.255 e. The highest BCUT2D eigenvalue weighted by atomic mass is 16.5. The maximum Gasteiger partial charge on any atom is 0.255 e. The normalized spacial score (nSPS) is 35.1. The molecule has 5 nitrogen and oxygen atoms in total. The highest BCUT2D eigenvalue weighted by Gasteiger charge is 2.61. The van der Waals surface area contributed by atoms with Gasteiger partial charge in [0.25, 0.3) is 11.8 Å². The van der Waals surface area contributed by atoms with Crippen LogP contribution in [0.15, 0.2) is 42.5 Å². The van der Waals surface area contributed by atoms with Crippen molar-refractivity contribution in [2.45, 2.75) is 12.2 Å². The van der Waals surface area contributed by atoms with Gasteiger partial charge in [-0.2, -0.15) is 5.01 Å². The summed E-state index contributed by atoms with van der Waals surface area (Å²) in [5.74, 6) is -1.12. The summed E-state index contributed by atoms with van der Waals surface area (Å²) in [7, 11) is 0. The molecule has 2 bridgehead atoms. The van der Waals surface area contributed by atoms with Crippen molar-refractivity contribution in [3.8, 4) is 0 Å². The number of ether oxygens (including phenoxy) is 1. The van der Waals surface area contributed by atoms with Gasteiger partial charge >= 0.3 is 0 Å². The molecule has 2 amide bonds. The zero-order valence-electron chi connectivity index (χ0n) is 10.0. The number of fused-ring (bicyclic) bond motifs is 5. The Bertz CT molecular complexity index is 554. The van der Waals surface area contributed by atoms with Crippen molar-refractivity contribution < 1.29 is 14.3 Å². The van der Waals surface area contributed by atoms with Crippen LogP contribution in [0, 0.1) is 11.8 Å². The Labute approximate surface area is 109 Å². The van der Waals surface area contributed by atoms with Crippen LogP contribution in [-0.2, 0) is 14.3 Å². The van der Waals surface area contributed by atoms with E-state index >= 15 is 0 Å². The fourth-order valence-corrected chi connectivity index (χ4v) is 3.06. The van der Waals surface area contributed by atoms with Crippen LogP contribution in [0.5, 0.6) is 0 Å². The van der Waals surface area contributed by atoms with Crippen LogP contribution in [-0.4, -0.2) is 29.0 Å². The molecular weight excluding hydrogens is 244 g/mol. The van der Waals surface area contributed by atoms with E-state index in [1.54, 1.807) is 0 Å². The maximum absolute atomic E-state index is 12.3. The molecule has 0 aromatic heterocycles. The first-order chi connectivity index (χ1) is 9.25. The van der Waals surface area contributed by atoms with Gasteiger partial charge in [0.15, 0.2) is 0 Å². The van der Waals surface area contributed by atoms with Gasteiger partial charge in [-0.05, 0) is 12.1 Å². The Kier molecular flexibility index (Phi) is 2.08. The number of nitrogens with zero attached hydrogens (tertiary/aromatic N) is 1. The Balaban J connectivity index is 1.62. The molecule has 3 aliphatic heterocycles. The molecule has 19 heavy (non-hydrogen) atoms. The molecule has 0 saturated carbocycles. The number of carbonyl (C=O) groups is 2. The van der Waals surface area contributed by atoms with Gasteiger partial charge in [0.1, 0.15) is 0 Å². The number of carbonyl (C=O) groups excluding carboxylic acids is 2. The van der Waals surface area contributed by atoms with Crippen LogP contribution in [0.2, 0.25) is 0 Å². The molecule has 4 rings (SSSR count). The van der Waals surface area contributed by atoms with Crippen LogP contribution in [0.3, 0.4) is 0 Å². The Morgan fingerprint density at radius 2 is 1.53 bits per heavy atom. The van der Waals surface area contributed by atoms with Gasteiger partial charge in [0.05, 0.1) is 29.7 Å². The summed E-state index contributed by atoms with van der Waals surface area (Å²) in [6.07, 6.45) is 3.27. The number of benzene rings is 1. The summed E-state index contributed by atoms with van der Waals surface area (Å²) >= 11 is 0. The van der Waals surface area contributed by atoms with Gasteiger partial charge in [0.2, 0.25) is 0 Å². The van der Waals surface area contributed by atoms with Gasteiger partial charge in [-0.3, -0.25) is 15.0 Å². The topological polar surface area (TPSA) is 58.6 Å². The van der Waals surface area contributed by atoms with E-state index in [1.165, 1.54) is 0 Å². The van der Waals surface area contributed by atoms with E-state index in [-0.39, 0.29) is 35.9 Å². The maximum atomic E-state index is 12.3. The second kappa shape index (κ2) is 3.68. The molecule has 3 aliphatic rings. The number of nitrogens with one attached hydrogen (secondary N) is 1. The van der Waals surface area contributed by atoms with Crippen molar-refractivity contribution in [3.63, 3.8) is 0 Å². The number of para-hydroxylation sites is 1. The summed E-state index contributed by atoms with van der Waals surface area (Å²) in [4.78, 5) is 24.6. The number of rotatable bonds is 2. The average Bonchev–Trinajstić information content (AvgIpc) is 3.10. The van der Waals surface area contributed by atoms with E-state index in [9.17, 15) is 9.59 Å². The Morgan fingerprint density at radius 3 is 2.11 bits per heavy atom. The van der Waals surface area contributed by atoms with Gasteiger partial charge < -0.3 is 4.74 Å². The lowest BCUT2D eigenvalue weighted by atomic mass is 9.85. The van der Waals surface area contributed by atoms with E-state index in [1.807, 2.05) is 42.5 Å². The SMILES string of the molecule is O=C1[C@@H]2[C@H](C(=O)N1Nc1ccccc1)[C@H]1C=C[C@@H]2O1. The van der Waals surface area contributed by atoms with Crippen molar-refractivity contribution in [2.24, 2.45) is 11.8 Å². The van der Waals surface area contributed by atoms with E-state index in [4.69, 9.17) is 4.74 Å². The van der Waals surface area contributed by atoms with Crippen LogP contribution < -0.4 is 5.43 Å². The van der Waals surface area contributed by atoms with Crippen molar-refractivity contribution >= 4 is 17.5 Å². The first-order valence-electron chi connectivity index (χ1n) is 6.29. The second-order valence-corrected chi connectivity index (χ2v) is 4.99. The van der Waals surface area contributed by atoms with Crippen LogP contribution in [0.1, 0.15) is 0 Å². The largest absolute Gasteiger partial charge is 0.365 e. The zero-order valence-corrected chi connectivity index (χ0v) is 10.0. The van der Waals surface area contributed by atoms with Crippen molar-refractivity contribution in [1.29, 1.82) is 0 Å². The third-order valence-electron chi connectivity index (χ3n) is 3.93. The van der Waals surface area contributed by atoms with E-state index in [2.05, 4.69) is 5.43 Å². The monoisotopic (exact) mass is 256 g/mol. The molecule has 1 N–H and O–H groups in total. The van der Waals surface area contributed by atoms with E-state index < -0.39 is 0 Å². The zero-order chi connectivity index (χ0) is 13.0. The highest BCUT2D eigenvalue weighted by molar-refractivity contribution is 6.07. The van der Waals surface area contributed by atoms with Gasteiger partial charge in [-0.1, -0.05) is 30.4 Å². The van der Waals surface area contributed by atoms with Crippen molar-refractivity contribution in [2.75, 3.05) is 5.43 Å². The van der Waals surface area contributed by atoms with Gasteiger partial charge in [-0.15, -0.1) is 0 Å². The van der Waals surface area contributed by atoms with Gasteiger partial charge in [0, 0.05) is 0 Å². The third-order valence-corrected chi connectivity index (χ3v) is 3.93. The molecule has 2 fully saturated rings. The number of hydrogen-bond acceptors (Lipinski definition) is 4. The summed E-state index contributed by atoms with van der Waals surface area (Å²) in [6, 6.07) is 9.21. The Morgan fingerprint density at radius 1 is 0.947 bits per heavy atom. The second-order valence-electron chi connectivity index (χ2n) is 4.99. The number of amides is 2. The lowest BCUT2D eigenvalue weighted by Gasteiger charge is -2.19. The standard InChI is InChI=1S/C14H12N2O3/c17-13-11-9-6-7-10(19-9)12(11)14(18)16(13)15-8-4-2-1-3-5-8/h1-7,9-12,15H/t9-,10+,11-,12+. The lowest BCUT2D eigenvalue weighted by molar-refractivity contribution is -0.140. The summed E-state index contributed by atoms with van der Waals surface area (Å²) < 4.78 is 5.57. The molecule has 3 heterocycles. The minimum atomic E-state index is -0.362. The number of imide groups is 1. The number of hydrazine groups is 1. The van der Waals surface area contributed by atoms with Crippen molar-refractivity contribution in [3.05, 3.63) is 42.5 Å².